The van der Waals surface area contributed by atoms with Gasteiger partial charge in [-0.1, -0.05) is 49.2 Å². The zero-order valence-electron chi connectivity index (χ0n) is 21.5. The molecule has 0 saturated carbocycles. The predicted molar refractivity (Wildman–Crippen MR) is 141 cm³/mol. The Labute approximate surface area is 222 Å². The number of nitrogens with zero attached hydrogens (tertiary/aromatic N) is 2. The van der Waals surface area contributed by atoms with Crippen molar-refractivity contribution in [3.8, 4) is 0 Å². The first-order chi connectivity index (χ1) is 18.3. The number of aromatic nitrogens is 1. The van der Waals surface area contributed by atoms with Gasteiger partial charge in [0.25, 0.3) is 0 Å². The number of pyridine rings is 1. The third-order valence-corrected chi connectivity index (χ3v) is 5.67. The lowest BCUT2D eigenvalue weighted by Crippen LogP contribution is -2.47. The van der Waals surface area contributed by atoms with Gasteiger partial charge in [0.15, 0.2) is 0 Å². The van der Waals surface area contributed by atoms with E-state index in [0.717, 1.165) is 30.5 Å². The van der Waals surface area contributed by atoms with Crippen LogP contribution in [-0.2, 0) is 32.3 Å². The van der Waals surface area contributed by atoms with E-state index in [1.807, 2.05) is 53.4 Å². The quantitative estimate of drug-likeness (QED) is 0.214. The van der Waals surface area contributed by atoms with Crippen LogP contribution in [0, 0.1) is 0 Å². The SMILES string of the molecule is NC(=O)CC[C@H](NC(=O)OCc1ccccc1)C(=O)NCCCCCCN(CC(=O)O)Cc1ccccn1. The molecule has 0 unspecified atom stereocenters. The number of amides is 3. The molecule has 1 aromatic heterocycles. The number of aliphatic carboxylic acids is 1. The lowest BCUT2D eigenvalue weighted by molar-refractivity contribution is -0.138. The number of alkyl carbamates (subject to hydrolysis) is 1. The van der Waals surface area contributed by atoms with E-state index >= 15 is 0 Å². The fourth-order valence-corrected chi connectivity index (χ4v) is 3.74. The van der Waals surface area contributed by atoms with Crippen LogP contribution in [0.15, 0.2) is 54.7 Å². The van der Waals surface area contributed by atoms with Gasteiger partial charge in [-0.05, 0) is 43.5 Å². The molecule has 11 nitrogen and oxygen atoms in total. The van der Waals surface area contributed by atoms with Crippen molar-refractivity contribution >= 4 is 23.9 Å². The van der Waals surface area contributed by atoms with Gasteiger partial charge in [-0.2, -0.15) is 0 Å². The first-order valence-corrected chi connectivity index (χ1v) is 12.7. The molecular weight excluding hydrogens is 490 g/mol. The van der Waals surface area contributed by atoms with Gasteiger partial charge in [0.05, 0.1) is 12.2 Å². The highest BCUT2D eigenvalue weighted by atomic mass is 16.5. The average molecular weight is 528 g/mol. The van der Waals surface area contributed by atoms with Crippen molar-refractivity contribution in [1.29, 1.82) is 0 Å². The molecule has 11 heteroatoms. The highest BCUT2D eigenvalue weighted by molar-refractivity contribution is 5.86. The van der Waals surface area contributed by atoms with E-state index in [1.165, 1.54) is 0 Å². The Kier molecular flexibility index (Phi) is 13.9. The molecule has 1 heterocycles. The van der Waals surface area contributed by atoms with Crippen LogP contribution in [0.4, 0.5) is 4.79 Å². The summed E-state index contributed by atoms with van der Waals surface area (Å²) in [6.07, 6.45) is 4.17. The number of nitrogens with two attached hydrogens (primary N) is 1. The summed E-state index contributed by atoms with van der Waals surface area (Å²) in [6.45, 7) is 1.50. The molecule has 2 rings (SSSR count). The van der Waals surface area contributed by atoms with Crippen LogP contribution in [0.25, 0.3) is 0 Å². The van der Waals surface area contributed by atoms with Gasteiger partial charge in [0.2, 0.25) is 11.8 Å². The molecule has 0 fully saturated rings. The number of carboxylic acid groups (broad SMARTS) is 1. The van der Waals surface area contributed by atoms with Crippen molar-refractivity contribution in [2.24, 2.45) is 5.73 Å². The Morgan fingerprint density at radius 1 is 1.00 bits per heavy atom. The molecular formula is C27H37N5O6. The van der Waals surface area contributed by atoms with Gasteiger partial charge in [-0.25, -0.2) is 4.79 Å². The zero-order chi connectivity index (χ0) is 27.6. The van der Waals surface area contributed by atoms with Crippen LogP contribution in [-0.4, -0.2) is 64.5 Å². The molecule has 0 aliphatic rings. The summed E-state index contributed by atoms with van der Waals surface area (Å²) >= 11 is 0. The number of carbonyl (C=O) groups excluding carboxylic acids is 3. The zero-order valence-corrected chi connectivity index (χ0v) is 21.5. The first kappa shape index (κ1) is 30.2. The summed E-state index contributed by atoms with van der Waals surface area (Å²) < 4.78 is 5.18. The predicted octanol–water partition coefficient (Wildman–Crippen LogP) is 2.21. The fraction of sp³-hybridized carbons (Fsp3) is 0.444. The van der Waals surface area contributed by atoms with E-state index in [4.69, 9.17) is 10.5 Å². The molecule has 38 heavy (non-hydrogen) atoms. The Morgan fingerprint density at radius 2 is 1.74 bits per heavy atom. The fourth-order valence-electron chi connectivity index (χ4n) is 3.74. The molecule has 206 valence electrons. The molecule has 0 radical (unpaired) electrons. The molecule has 1 aromatic carbocycles. The van der Waals surface area contributed by atoms with Gasteiger partial charge < -0.3 is 26.2 Å². The number of carboxylic acids is 1. The smallest absolute Gasteiger partial charge is 0.408 e. The van der Waals surface area contributed by atoms with Gasteiger partial charge in [0.1, 0.15) is 12.6 Å². The molecule has 1 atom stereocenters. The molecule has 0 aliphatic heterocycles. The Bertz CT molecular complexity index is 1010. The Hall–Kier alpha value is -3.99. The number of rotatable bonds is 18. The van der Waals surface area contributed by atoms with Gasteiger partial charge in [0, 0.05) is 25.7 Å². The molecule has 0 spiro atoms. The van der Waals surface area contributed by atoms with Gasteiger partial charge in [-0.3, -0.25) is 24.3 Å². The molecule has 0 saturated heterocycles. The van der Waals surface area contributed by atoms with Crippen molar-refractivity contribution in [3.05, 3.63) is 66.0 Å². The monoisotopic (exact) mass is 527 g/mol. The molecule has 0 bridgehead atoms. The van der Waals surface area contributed by atoms with Crippen LogP contribution in [0.3, 0.4) is 0 Å². The average Bonchev–Trinajstić information content (AvgIpc) is 2.89. The highest BCUT2D eigenvalue weighted by Crippen LogP contribution is 2.07. The summed E-state index contributed by atoms with van der Waals surface area (Å²) in [7, 11) is 0. The maximum atomic E-state index is 12.6. The number of nitrogens with one attached hydrogen (secondary N) is 2. The van der Waals surface area contributed by atoms with Crippen molar-refractivity contribution in [2.75, 3.05) is 19.6 Å². The minimum atomic E-state index is -0.943. The topological polar surface area (TPSA) is 164 Å². The second kappa shape index (κ2) is 17.5. The van der Waals surface area contributed by atoms with Crippen molar-refractivity contribution in [3.63, 3.8) is 0 Å². The number of unbranched alkanes of at least 4 members (excludes halogenated alkanes) is 3. The largest absolute Gasteiger partial charge is 0.480 e. The third kappa shape index (κ3) is 13.4. The normalized spacial score (nSPS) is 11.5. The van der Waals surface area contributed by atoms with Crippen LogP contribution >= 0.6 is 0 Å². The van der Waals surface area contributed by atoms with Crippen LogP contribution in [0.2, 0.25) is 0 Å². The van der Waals surface area contributed by atoms with Crippen molar-refractivity contribution in [2.45, 2.75) is 57.7 Å². The number of hydrogen-bond donors (Lipinski definition) is 4. The van der Waals surface area contributed by atoms with Crippen LogP contribution in [0.5, 0.6) is 0 Å². The molecule has 2 aromatic rings. The van der Waals surface area contributed by atoms with Crippen molar-refractivity contribution in [1.82, 2.24) is 20.5 Å². The van der Waals surface area contributed by atoms with Gasteiger partial charge in [-0.15, -0.1) is 0 Å². The lowest BCUT2D eigenvalue weighted by Gasteiger charge is -2.20. The second-order valence-electron chi connectivity index (χ2n) is 8.89. The van der Waals surface area contributed by atoms with E-state index in [-0.39, 0.29) is 26.0 Å². The first-order valence-electron chi connectivity index (χ1n) is 12.7. The Morgan fingerprint density at radius 3 is 2.42 bits per heavy atom. The number of ether oxygens (including phenoxy) is 1. The van der Waals surface area contributed by atoms with E-state index in [0.29, 0.717) is 26.1 Å². The standard InChI is InChI=1S/C27H37N5O6/c28-24(33)14-13-23(31-27(37)38-20-21-10-4-3-5-11-21)26(36)30-16-7-1-2-9-17-32(19-25(34)35)18-22-12-6-8-15-29-22/h3-6,8,10-12,15,23H,1-2,7,9,13-14,16-20H2,(H2,28,33)(H,30,36)(H,31,37)(H,34,35)/t23-/m0/s1. The third-order valence-electron chi connectivity index (χ3n) is 5.67. The van der Waals surface area contributed by atoms with Crippen LogP contribution in [0.1, 0.15) is 49.8 Å². The lowest BCUT2D eigenvalue weighted by atomic mass is 10.1. The summed E-state index contributed by atoms with van der Waals surface area (Å²) in [5, 5.41) is 14.5. The number of carbonyl (C=O) groups is 4. The summed E-state index contributed by atoms with van der Waals surface area (Å²) in [5.41, 5.74) is 6.84. The molecule has 3 amide bonds. The van der Waals surface area contributed by atoms with E-state index in [1.54, 1.807) is 6.20 Å². The molecule has 0 aliphatic carbocycles. The second-order valence-corrected chi connectivity index (χ2v) is 8.89. The summed E-state index contributed by atoms with van der Waals surface area (Å²) in [5.74, 6) is -1.86. The minimum absolute atomic E-state index is 0.0532. The van der Waals surface area contributed by atoms with E-state index < -0.39 is 29.9 Å². The number of primary amides is 1. The van der Waals surface area contributed by atoms with E-state index in [9.17, 15) is 24.3 Å². The minimum Gasteiger partial charge on any atom is -0.480 e. The van der Waals surface area contributed by atoms with Crippen molar-refractivity contribution < 1.29 is 29.0 Å². The maximum Gasteiger partial charge on any atom is 0.408 e. The molecule has 5 N–H and O–H groups in total. The number of hydrogen-bond acceptors (Lipinski definition) is 7. The maximum absolute atomic E-state index is 12.6. The van der Waals surface area contributed by atoms with E-state index in [2.05, 4.69) is 15.6 Å². The van der Waals surface area contributed by atoms with Crippen LogP contribution < -0.4 is 16.4 Å². The Balaban J connectivity index is 1.69. The summed E-state index contributed by atoms with van der Waals surface area (Å²) in [4.78, 5) is 53.3. The number of benzene rings is 1. The van der Waals surface area contributed by atoms with Gasteiger partial charge >= 0.3 is 12.1 Å². The highest BCUT2D eigenvalue weighted by Gasteiger charge is 2.22. The summed E-state index contributed by atoms with van der Waals surface area (Å²) in [6, 6.07) is 13.7.